The third-order valence-corrected chi connectivity index (χ3v) is 4.48. The van der Waals surface area contributed by atoms with Crippen molar-refractivity contribution < 1.29 is 0 Å². The Morgan fingerprint density at radius 1 is 1.00 bits per heavy atom. The van der Waals surface area contributed by atoms with Crippen LogP contribution in [0.15, 0.2) is 24.3 Å². The summed E-state index contributed by atoms with van der Waals surface area (Å²) in [4.78, 5) is 0. The second-order valence-electron chi connectivity index (χ2n) is 5.18. The van der Waals surface area contributed by atoms with Crippen LogP contribution in [0.1, 0.15) is 59.8 Å². The molecule has 16 heavy (non-hydrogen) atoms. The van der Waals surface area contributed by atoms with Crippen LogP contribution < -0.4 is 0 Å². The van der Waals surface area contributed by atoms with Gasteiger partial charge >= 0.3 is 0 Å². The standard InChI is InChI=1S/C16H28/c1-5-14-10-9-12-16(7-3,8-4)13-11-15(14)6-2/h9,11-15H,5-8,10H2,1-4H3/b12-9-,13-11-/t14-,15-/m0/s1. The van der Waals surface area contributed by atoms with E-state index in [1.54, 1.807) is 0 Å². The first kappa shape index (κ1) is 13.5. The number of hydrogen-bond donors (Lipinski definition) is 0. The van der Waals surface area contributed by atoms with Gasteiger partial charge in [-0.25, -0.2) is 0 Å². The van der Waals surface area contributed by atoms with Crippen LogP contribution in [-0.2, 0) is 0 Å². The van der Waals surface area contributed by atoms with E-state index in [1.807, 2.05) is 0 Å². The van der Waals surface area contributed by atoms with Gasteiger partial charge < -0.3 is 0 Å². The van der Waals surface area contributed by atoms with Gasteiger partial charge in [0.1, 0.15) is 0 Å². The highest BCUT2D eigenvalue weighted by atomic mass is 14.3. The summed E-state index contributed by atoms with van der Waals surface area (Å²) in [6.45, 7) is 9.25. The average molecular weight is 220 g/mol. The molecular weight excluding hydrogens is 192 g/mol. The minimum absolute atomic E-state index is 0.339. The van der Waals surface area contributed by atoms with Gasteiger partial charge in [-0.3, -0.25) is 0 Å². The summed E-state index contributed by atoms with van der Waals surface area (Å²) < 4.78 is 0. The first-order valence-electron chi connectivity index (χ1n) is 7.08. The maximum absolute atomic E-state index is 2.50. The molecule has 1 aliphatic carbocycles. The third-order valence-electron chi connectivity index (χ3n) is 4.48. The quantitative estimate of drug-likeness (QED) is 0.559. The summed E-state index contributed by atoms with van der Waals surface area (Å²) >= 11 is 0. The van der Waals surface area contributed by atoms with E-state index in [2.05, 4.69) is 52.0 Å². The molecule has 0 N–H and O–H groups in total. The minimum atomic E-state index is 0.339. The van der Waals surface area contributed by atoms with Crippen LogP contribution in [0, 0.1) is 17.3 Å². The molecule has 1 rings (SSSR count). The lowest BCUT2D eigenvalue weighted by Crippen LogP contribution is -2.18. The van der Waals surface area contributed by atoms with E-state index in [4.69, 9.17) is 0 Å². The normalized spacial score (nSPS) is 32.8. The van der Waals surface area contributed by atoms with Crippen molar-refractivity contribution in [2.24, 2.45) is 17.3 Å². The summed E-state index contributed by atoms with van der Waals surface area (Å²) in [5.41, 5.74) is 0.339. The van der Waals surface area contributed by atoms with E-state index in [0.717, 1.165) is 11.8 Å². The molecule has 0 saturated heterocycles. The summed E-state index contributed by atoms with van der Waals surface area (Å²) in [7, 11) is 0. The second kappa shape index (κ2) is 6.27. The molecule has 92 valence electrons. The van der Waals surface area contributed by atoms with E-state index in [1.165, 1.54) is 32.1 Å². The molecule has 0 nitrogen and oxygen atoms in total. The highest BCUT2D eigenvalue weighted by Gasteiger charge is 2.23. The largest absolute Gasteiger partial charge is 0.0874 e. The van der Waals surface area contributed by atoms with Crippen molar-refractivity contribution >= 4 is 0 Å². The van der Waals surface area contributed by atoms with Crippen LogP contribution in [0.5, 0.6) is 0 Å². The summed E-state index contributed by atoms with van der Waals surface area (Å²) in [6, 6.07) is 0. The molecule has 0 radical (unpaired) electrons. The summed E-state index contributed by atoms with van der Waals surface area (Å²) in [6.07, 6.45) is 16.2. The maximum atomic E-state index is 2.50. The zero-order chi connectivity index (χ0) is 12.0. The van der Waals surface area contributed by atoms with Gasteiger partial charge in [0, 0.05) is 5.41 Å². The lowest BCUT2D eigenvalue weighted by molar-refractivity contribution is 0.359. The van der Waals surface area contributed by atoms with Crippen LogP contribution in [-0.4, -0.2) is 0 Å². The number of allylic oxidation sites excluding steroid dienone is 4. The van der Waals surface area contributed by atoms with Crippen molar-refractivity contribution in [1.82, 2.24) is 0 Å². The van der Waals surface area contributed by atoms with Crippen LogP contribution in [0.4, 0.5) is 0 Å². The zero-order valence-corrected chi connectivity index (χ0v) is 11.5. The average Bonchev–Trinajstić information content (AvgIpc) is 2.31. The van der Waals surface area contributed by atoms with Crippen LogP contribution >= 0.6 is 0 Å². The lowest BCUT2D eigenvalue weighted by atomic mass is 9.75. The van der Waals surface area contributed by atoms with Crippen molar-refractivity contribution in [2.45, 2.75) is 59.8 Å². The third kappa shape index (κ3) is 2.99. The minimum Gasteiger partial charge on any atom is -0.0874 e. The Morgan fingerprint density at radius 3 is 2.19 bits per heavy atom. The van der Waals surface area contributed by atoms with Crippen LogP contribution in [0.25, 0.3) is 0 Å². The van der Waals surface area contributed by atoms with Crippen molar-refractivity contribution in [3.8, 4) is 0 Å². The molecule has 0 spiro atoms. The molecule has 2 atom stereocenters. The van der Waals surface area contributed by atoms with E-state index >= 15 is 0 Å². The Balaban J connectivity index is 2.88. The molecule has 0 amide bonds. The topological polar surface area (TPSA) is 0 Å². The van der Waals surface area contributed by atoms with Gasteiger partial charge in [0.15, 0.2) is 0 Å². The van der Waals surface area contributed by atoms with Crippen molar-refractivity contribution in [3.63, 3.8) is 0 Å². The fourth-order valence-corrected chi connectivity index (χ4v) is 2.84. The molecule has 0 heterocycles. The predicted molar refractivity (Wildman–Crippen MR) is 73.5 cm³/mol. The fourth-order valence-electron chi connectivity index (χ4n) is 2.84. The summed E-state index contributed by atoms with van der Waals surface area (Å²) in [5, 5.41) is 0. The van der Waals surface area contributed by atoms with Gasteiger partial charge in [-0.1, -0.05) is 58.4 Å². The van der Waals surface area contributed by atoms with Crippen LogP contribution in [0.3, 0.4) is 0 Å². The van der Waals surface area contributed by atoms with Gasteiger partial charge in [0.05, 0.1) is 0 Å². The van der Waals surface area contributed by atoms with Gasteiger partial charge in [-0.15, -0.1) is 0 Å². The number of hydrogen-bond acceptors (Lipinski definition) is 0. The fraction of sp³-hybridized carbons (Fsp3) is 0.750. The smallest absolute Gasteiger partial charge is 0.00558 e. The molecule has 0 saturated carbocycles. The highest BCUT2D eigenvalue weighted by molar-refractivity contribution is 5.14. The van der Waals surface area contributed by atoms with Crippen molar-refractivity contribution in [1.29, 1.82) is 0 Å². The molecule has 0 unspecified atom stereocenters. The molecule has 0 aromatic heterocycles. The second-order valence-corrected chi connectivity index (χ2v) is 5.18. The maximum Gasteiger partial charge on any atom is 0.00558 e. The van der Waals surface area contributed by atoms with Gasteiger partial charge in [0.2, 0.25) is 0 Å². The van der Waals surface area contributed by atoms with Crippen molar-refractivity contribution in [3.05, 3.63) is 24.3 Å². The monoisotopic (exact) mass is 220 g/mol. The Kier molecular flexibility index (Phi) is 5.31. The molecular formula is C16H28. The first-order valence-corrected chi connectivity index (χ1v) is 7.08. The highest BCUT2D eigenvalue weighted by Crippen LogP contribution is 2.35. The molecule has 0 heteroatoms. The van der Waals surface area contributed by atoms with Crippen LogP contribution in [0.2, 0.25) is 0 Å². The summed E-state index contributed by atoms with van der Waals surface area (Å²) in [5.74, 6) is 1.64. The van der Waals surface area contributed by atoms with E-state index < -0.39 is 0 Å². The zero-order valence-electron chi connectivity index (χ0n) is 11.5. The SMILES string of the molecule is CC[C@H]1C/C=C\C(CC)(CC)/C=C\[C@@H]1CC. The molecule has 0 aliphatic heterocycles. The van der Waals surface area contributed by atoms with E-state index in [0.29, 0.717) is 5.41 Å². The van der Waals surface area contributed by atoms with Crippen molar-refractivity contribution in [2.75, 3.05) is 0 Å². The Hall–Kier alpha value is -0.520. The number of rotatable bonds is 4. The van der Waals surface area contributed by atoms with Gasteiger partial charge in [0.25, 0.3) is 0 Å². The molecule has 0 aromatic carbocycles. The van der Waals surface area contributed by atoms with Gasteiger partial charge in [-0.2, -0.15) is 0 Å². The first-order chi connectivity index (χ1) is 7.71. The molecule has 0 fully saturated rings. The Bertz CT molecular complexity index is 243. The van der Waals surface area contributed by atoms with E-state index in [-0.39, 0.29) is 0 Å². The van der Waals surface area contributed by atoms with Gasteiger partial charge in [-0.05, 0) is 37.5 Å². The molecule has 1 aliphatic rings. The predicted octanol–water partition coefficient (Wildman–Crippen LogP) is 5.36. The molecule has 0 aromatic rings. The Morgan fingerprint density at radius 2 is 1.69 bits per heavy atom. The Labute approximate surface area is 102 Å². The van der Waals surface area contributed by atoms with E-state index in [9.17, 15) is 0 Å². The lowest BCUT2D eigenvalue weighted by Gasteiger charge is -2.30. The molecule has 0 bridgehead atoms.